The minimum Gasteiger partial charge on any atom is -0.480 e. The van der Waals surface area contributed by atoms with Crippen molar-refractivity contribution in [2.75, 3.05) is 0 Å². The molecule has 0 saturated carbocycles. The van der Waals surface area contributed by atoms with E-state index >= 15 is 0 Å². The normalized spacial score (nSPS) is 18.5. The quantitative estimate of drug-likeness (QED) is 0.926. The van der Waals surface area contributed by atoms with E-state index in [9.17, 15) is 9.90 Å². The Morgan fingerprint density at radius 3 is 2.65 bits per heavy atom. The molecule has 1 aromatic heterocycles. The number of pyridine rings is 1. The lowest BCUT2D eigenvalue weighted by molar-refractivity contribution is -0.144. The van der Waals surface area contributed by atoms with Crippen molar-refractivity contribution in [3.05, 3.63) is 65.5 Å². The molecule has 2 aromatic rings. The molecule has 1 atom stereocenters. The molecule has 102 valence electrons. The summed E-state index contributed by atoms with van der Waals surface area (Å²) < 4.78 is 0. The highest BCUT2D eigenvalue weighted by molar-refractivity contribution is 5.74. The average molecular weight is 268 g/mol. The van der Waals surface area contributed by atoms with Crippen LogP contribution in [0.5, 0.6) is 0 Å². The van der Waals surface area contributed by atoms with Crippen molar-refractivity contribution >= 4 is 5.97 Å². The first-order valence-corrected chi connectivity index (χ1v) is 6.67. The van der Waals surface area contributed by atoms with Gasteiger partial charge in [-0.1, -0.05) is 30.3 Å². The summed E-state index contributed by atoms with van der Waals surface area (Å²) in [7, 11) is 0. The van der Waals surface area contributed by atoms with Gasteiger partial charge in [-0.05, 0) is 29.7 Å². The van der Waals surface area contributed by atoms with Gasteiger partial charge in [-0.25, -0.2) is 0 Å². The van der Waals surface area contributed by atoms with Crippen LogP contribution in [0.1, 0.15) is 16.8 Å². The van der Waals surface area contributed by atoms with Crippen LogP contribution in [0.2, 0.25) is 0 Å². The second kappa shape index (κ2) is 5.43. The highest BCUT2D eigenvalue weighted by Gasteiger charge is 2.31. The molecule has 4 heteroatoms. The van der Waals surface area contributed by atoms with Gasteiger partial charge in [0.05, 0.1) is 5.69 Å². The van der Waals surface area contributed by atoms with E-state index in [1.165, 1.54) is 5.56 Å². The summed E-state index contributed by atoms with van der Waals surface area (Å²) in [5, 5.41) is 9.45. The molecule has 2 heterocycles. The van der Waals surface area contributed by atoms with Crippen LogP contribution < -0.4 is 0 Å². The molecule has 1 aromatic carbocycles. The predicted octanol–water partition coefficient (Wildman–Crippen LogP) is 2.09. The van der Waals surface area contributed by atoms with Crippen LogP contribution >= 0.6 is 0 Å². The number of hydrogen-bond acceptors (Lipinski definition) is 3. The average Bonchev–Trinajstić information content (AvgIpc) is 2.47. The zero-order valence-corrected chi connectivity index (χ0v) is 11.1. The summed E-state index contributed by atoms with van der Waals surface area (Å²) in [5.74, 6) is -0.768. The Bertz CT molecular complexity index is 613. The largest absolute Gasteiger partial charge is 0.480 e. The van der Waals surface area contributed by atoms with Crippen LogP contribution in [-0.2, 0) is 24.3 Å². The molecule has 0 fully saturated rings. The Kier molecular flexibility index (Phi) is 3.48. The fraction of sp³-hybridized carbons (Fsp3) is 0.250. The second-order valence-corrected chi connectivity index (χ2v) is 5.05. The minimum absolute atomic E-state index is 0.480. The van der Waals surface area contributed by atoms with E-state index in [1.54, 1.807) is 6.20 Å². The lowest BCUT2D eigenvalue weighted by atomic mass is 9.94. The van der Waals surface area contributed by atoms with Gasteiger partial charge < -0.3 is 5.11 Å². The Morgan fingerprint density at radius 1 is 1.20 bits per heavy atom. The van der Waals surface area contributed by atoms with E-state index in [2.05, 4.69) is 11.1 Å². The van der Waals surface area contributed by atoms with Crippen LogP contribution in [0.25, 0.3) is 0 Å². The maximum atomic E-state index is 11.5. The Balaban J connectivity index is 1.87. The number of carboxylic acids is 1. The molecule has 3 rings (SSSR count). The fourth-order valence-electron chi connectivity index (χ4n) is 2.69. The van der Waals surface area contributed by atoms with Crippen LogP contribution in [0.4, 0.5) is 0 Å². The number of carboxylic acid groups (broad SMARTS) is 1. The minimum atomic E-state index is -0.768. The summed E-state index contributed by atoms with van der Waals surface area (Å²) in [6.07, 6.45) is 2.29. The first-order valence-electron chi connectivity index (χ1n) is 6.67. The summed E-state index contributed by atoms with van der Waals surface area (Å²) in [6, 6.07) is 13.3. The van der Waals surface area contributed by atoms with Gasteiger partial charge in [0.1, 0.15) is 6.04 Å². The highest BCUT2D eigenvalue weighted by Crippen LogP contribution is 2.24. The molecule has 0 aliphatic carbocycles. The van der Waals surface area contributed by atoms with Crippen LogP contribution in [-0.4, -0.2) is 27.0 Å². The Morgan fingerprint density at radius 2 is 1.95 bits per heavy atom. The molecule has 0 amide bonds. The highest BCUT2D eigenvalue weighted by atomic mass is 16.4. The molecule has 20 heavy (non-hydrogen) atoms. The topological polar surface area (TPSA) is 53.4 Å². The summed E-state index contributed by atoms with van der Waals surface area (Å²) in [6.45, 7) is 1.22. The van der Waals surface area contributed by atoms with Crippen molar-refractivity contribution in [3.8, 4) is 0 Å². The van der Waals surface area contributed by atoms with Crippen molar-refractivity contribution in [1.29, 1.82) is 0 Å². The van der Waals surface area contributed by atoms with Crippen molar-refractivity contribution < 1.29 is 9.90 Å². The van der Waals surface area contributed by atoms with Gasteiger partial charge in [-0.2, -0.15) is 0 Å². The van der Waals surface area contributed by atoms with Gasteiger partial charge in [0, 0.05) is 19.3 Å². The third-order valence-corrected chi connectivity index (χ3v) is 3.72. The summed E-state index contributed by atoms with van der Waals surface area (Å²) in [4.78, 5) is 17.8. The second-order valence-electron chi connectivity index (χ2n) is 5.05. The first kappa shape index (κ1) is 12.8. The zero-order valence-electron chi connectivity index (χ0n) is 11.1. The maximum absolute atomic E-state index is 11.5. The van der Waals surface area contributed by atoms with Gasteiger partial charge >= 0.3 is 5.97 Å². The van der Waals surface area contributed by atoms with Gasteiger partial charge in [0.25, 0.3) is 0 Å². The fourth-order valence-corrected chi connectivity index (χ4v) is 2.69. The molecule has 0 bridgehead atoms. The zero-order chi connectivity index (χ0) is 13.9. The van der Waals surface area contributed by atoms with Gasteiger partial charge in [0.15, 0.2) is 0 Å². The van der Waals surface area contributed by atoms with Crippen LogP contribution in [0, 0.1) is 0 Å². The van der Waals surface area contributed by atoms with Gasteiger partial charge in [-0.15, -0.1) is 0 Å². The number of aliphatic carboxylic acids is 1. The Labute approximate surface area is 117 Å². The molecule has 0 saturated heterocycles. The van der Waals surface area contributed by atoms with E-state index in [0.717, 1.165) is 11.3 Å². The van der Waals surface area contributed by atoms with E-state index in [0.29, 0.717) is 19.5 Å². The number of nitrogens with zero attached hydrogens (tertiary/aromatic N) is 2. The monoisotopic (exact) mass is 268 g/mol. The summed E-state index contributed by atoms with van der Waals surface area (Å²) >= 11 is 0. The third-order valence-electron chi connectivity index (χ3n) is 3.72. The lowest BCUT2D eigenvalue weighted by Gasteiger charge is -2.34. The Hall–Kier alpha value is -2.20. The molecule has 0 radical (unpaired) electrons. The molecule has 4 nitrogen and oxygen atoms in total. The van der Waals surface area contributed by atoms with Crippen molar-refractivity contribution in [3.63, 3.8) is 0 Å². The van der Waals surface area contributed by atoms with Crippen molar-refractivity contribution in [2.45, 2.75) is 25.6 Å². The van der Waals surface area contributed by atoms with Gasteiger partial charge in [-0.3, -0.25) is 14.7 Å². The van der Waals surface area contributed by atoms with Crippen LogP contribution in [0.3, 0.4) is 0 Å². The van der Waals surface area contributed by atoms with E-state index in [-0.39, 0.29) is 0 Å². The van der Waals surface area contributed by atoms with Crippen LogP contribution in [0.15, 0.2) is 48.7 Å². The molecular weight excluding hydrogens is 252 g/mol. The number of fused-ring (bicyclic) bond motifs is 1. The standard InChI is InChI=1S/C16H16N2O2/c19-16(20)15-9-12-5-1-2-6-13(12)10-18(15)11-14-7-3-4-8-17-14/h1-8,15H,9-11H2,(H,19,20)/t15-/m0/s1. The van der Waals surface area contributed by atoms with E-state index < -0.39 is 12.0 Å². The predicted molar refractivity (Wildman–Crippen MR) is 75.1 cm³/mol. The molecule has 1 N–H and O–H groups in total. The molecular formula is C16H16N2O2. The first-order chi connectivity index (χ1) is 9.74. The molecule has 1 aliphatic rings. The number of aromatic nitrogens is 1. The maximum Gasteiger partial charge on any atom is 0.321 e. The third kappa shape index (κ3) is 2.56. The molecule has 0 spiro atoms. The van der Waals surface area contributed by atoms with Crippen molar-refractivity contribution in [2.24, 2.45) is 0 Å². The number of benzene rings is 1. The van der Waals surface area contributed by atoms with E-state index in [4.69, 9.17) is 0 Å². The lowest BCUT2D eigenvalue weighted by Crippen LogP contribution is -2.45. The molecule has 0 unspecified atom stereocenters. The van der Waals surface area contributed by atoms with Crippen molar-refractivity contribution in [1.82, 2.24) is 9.88 Å². The van der Waals surface area contributed by atoms with E-state index in [1.807, 2.05) is 41.3 Å². The molecule has 1 aliphatic heterocycles. The smallest absolute Gasteiger partial charge is 0.321 e. The number of rotatable bonds is 3. The SMILES string of the molecule is O=C(O)[C@@H]1Cc2ccccc2CN1Cc1ccccn1. The summed E-state index contributed by atoms with van der Waals surface area (Å²) in [5.41, 5.74) is 3.25. The van der Waals surface area contributed by atoms with Gasteiger partial charge in [0.2, 0.25) is 0 Å². The number of hydrogen-bond donors (Lipinski definition) is 1. The number of carbonyl (C=O) groups is 1.